The zero-order chi connectivity index (χ0) is 27.9. The molecule has 0 aliphatic heterocycles. The highest BCUT2D eigenvalue weighted by Crippen LogP contribution is 2.37. The van der Waals surface area contributed by atoms with Gasteiger partial charge in [-0.1, -0.05) is 43.7 Å². The fraction of sp³-hybridized carbons (Fsp3) is 0.286. The number of nitrogens with one attached hydrogen (secondary N) is 1. The molecule has 0 saturated carbocycles. The third-order valence-electron chi connectivity index (χ3n) is 5.83. The number of carbonyl (C=O) groups excluding carboxylic acids is 1. The topological polar surface area (TPSA) is 107 Å². The van der Waals surface area contributed by atoms with Gasteiger partial charge in [-0.3, -0.25) is 9.10 Å². The monoisotopic (exact) mass is 539 g/mol. The van der Waals surface area contributed by atoms with Gasteiger partial charge in [0.05, 0.1) is 38.1 Å². The van der Waals surface area contributed by atoms with E-state index in [1.807, 2.05) is 19.1 Å². The van der Waals surface area contributed by atoms with Crippen molar-refractivity contribution in [1.82, 2.24) is 5.43 Å². The van der Waals surface area contributed by atoms with Gasteiger partial charge >= 0.3 is 0 Å². The van der Waals surface area contributed by atoms with Crippen molar-refractivity contribution in [2.24, 2.45) is 5.10 Å². The van der Waals surface area contributed by atoms with Gasteiger partial charge in [0.2, 0.25) is 5.75 Å². The van der Waals surface area contributed by atoms with E-state index in [2.05, 4.69) is 24.4 Å². The predicted molar refractivity (Wildman–Crippen MR) is 148 cm³/mol. The van der Waals surface area contributed by atoms with Crippen LogP contribution in [0.5, 0.6) is 17.2 Å². The van der Waals surface area contributed by atoms with Crippen LogP contribution in [-0.4, -0.2) is 48.4 Å². The average molecular weight is 540 g/mol. The summed E-state index contributed by atoms with van der Waals surface area (Å²) in [6.07, 6.45) is 1.40. The first kappa shape index (κ1) is 28.5. The van der Waals surface area contributed by atoms with Gasteiger partial charge in [-0.05, 0) is 54.8 Å². The molecule has 0 heterocycles. The van der Waals surface area contributed by atoms with Crippen LogP contribution < -0.4 is 23.9 Å². The van der Waals surface area contributed by atoms with Crippen LogP contribution in [0.25, 0.3) is 0 Å². The van der Waals surface area contributed by atoms with E-state index in [9.17, 15) is 13.2 Å². The van der Waals surface area contributed by atoms with Crippen LogP contribution in [0, 0.1) is 6.92 Å². The number of nitrogens with zero attached hydrogens (tertiary/aromatic N) is 2. The lowest BCUT2D eigenvalue weighted by molar-refractivity contribution is -0.119. The first-order valence-corrected chi connectivity index (χ1v) is 13.4. The summed E-state index contributed by atoms with van der Waals surface area (Å²) in [7, 11) is 0.466. The minimum Gasteiger partial charge on any atom is -0.493 e. The van der Waals surface area contributed by atoms with E-state index < -0.39 is 22.5 Å². The van der Waals surface area contributed by atoms with Gasteiger partial charge in [0, 0.05) is 5.56 Å². The van der Waals surface area contributed by atoms with E-state index in [-0.39, 0.29) is 10.8 Å². The largest absolute Gasteiger partial charge is 0.493 e. The Balaban J connectivity index is 1.86. The number of benzene rings is 3. The molecule has 1 N–H and O–H groups in total. The molecule has 10 heteroatoms. The minimum absolute atomic E-state index is 0.0877. The highest BCUT2D eigenvalue weighted by molar-refractivity contribution is 7.92. The van der Waals surface area contributed by atoms with Crippen molar-refractivity contribution in [3.63, 3.8) is 0 Å². The van der Waals surface area contributed by atoms with E-state index in [0.29, 0.717) is 28.5 Å². The number of methoxy groups -OCH3 is 3. The Morgan fingerprint density at radius 1 is 0.947 bits per heavy atom. The van der Waals surface area contributed by atoms with Crippen molar-refractivity contribution in [3.8, 4) is 17.2 Å². The SMILES string of the molecule is COc1cc(/C=N/NC(=O)CN(c2ccc(C(C)C)cc2)S(=O)(=O)c2ccc(C)cc2)cc(OC)c1OC. The fourth-order valence-corrected chi connectivity index (χ4v) is 5.12. The summed E-state index contributed by atoms with van der Waals surface area (Å²) in [5.74, 6) is 0.952. The van der Waals surface area contributed by atoms with Crippen molar-refractivity contribution in [3.05, 3.63) is 77.4 Å². The van der Waals surface area contributed by atoms with E-state index >= 15 is 0 Å². The van der Waals surface area contributed by atoms with Crippen LogP contribution in [0.2, 0.25) is 0 Å². The van der Waals surface area contributed by atoms with Crippen LogP contribution in [0.3, 0.4) is 0 Å². The number of anilines is 1. The molecule has 202 valence electrons. The zero-order valence-corrected chi connectivity index (χ0v) is 23.2. The molecule has 0 fully saturated rings. The molecule has 0 radical (unpaired) electrons. The standard InChI is InChI=1S/C28H33N3O6S/c1-19(2)22-9-11-23(12-10-22)31(38(33,34)24-13-7-20(3)8-14-24)18-27(32)30-29-17-21-15-25(35-4)28(37-6)26(16-21)36-5/h7-17,19H,18H2,1-6H3,(H,30,32)/b29-17+. The molecule has 0 spiro atoms. The number of amides is 1. The molecule has 3 aromatic carbocycles. The summed E-state index contributed by atoms with van der Waals surface area (Å²) in [5.41, 5.74) is 5.34. The molecule has 38 heavy (non-hydrogen) atoms. The van der Waals surface area contributed by atoms with Crippen molar-refractivity contribution in [2.45, 2.75) is 31.6 Å². The number of hydrazone groups is 1. The second-order valence-corrected chi connectivity index (χ2v) is 10.7. The van der Waals surface area contributed by atoms with Crippen molar-refractivity contribution in [2.75, 3.05) is 32.2 Å². The van der Waals surface area contributed by atoms with Gasteiger partial charge in [0.25, 0.3) is 15.9 Å². The molecule has 0 saturated heterocycles. The van der Waals surface area contributed by atoms with Gasteiger partial charge < -0.3 is 14.2 Å². The molecule has 3 rings (SSSR count). The molecular weight excluding hydrogens is 506 g/mol. The first-order valence-electron chi connectivity index (χ1n) is 11.9. The van der Waals surface area contributed by atoms with Crippen molar-refractivity contribution in [1.29, 1.82) is 0 Å². The summed E-state index contributed by atoms with van der Waals surface area (Å²) in [5, 5.41) is 4.00. The maximum atomic E-state index is 13.6. The Bertz CT molecular complexity index is 1360. The summed E-state index contributed by atoms with van der Waals surface area (Å²) in [6, 6.07) is 16.9. The van der Waals surface area contributed by atoms with Gasteiger partial charge in [0.1, 0.15) is 6.54 Å². The van der Waals surface area contributed by atoms with Gasteiger partial charge in [-0.15, -0.1) is 0 Å². The lowest BCUT2D eigenvalue weighted by Gasteiger charge is -2.24. The quantitative estimate of drug-likeness (QED) is 0.284. The van der Waals surface area contributed by atoms with E-state index in [0.717, 1.165) is 15.4 Å². The number of hydrogen-bond donors (Lipinski definition) is 1. The molecule has 0 bridgehead atoms. The van der Waals surface area contributed by atoms with E-state index in [4.69, 9.17) is 14.2 Å². The molecule has 0 aliphatic rings. The molecule has 1 amide bonds. The third kappa shape index (κ3) is 6.63. The normalized spacial score (nSPS) is 11.4. The molecule has 3 aromatic rings. The lowest BCUT2D eigenvalue weighted by atomic mass is 10.0. The van der Waals surface area contributed by atoms with Gasteiger partial charge in [-0.25, -0.2) is 13.8 Å². The maximum absolute atomic E-state index is 13.6. The second kappa shape index (κ2) is 12.5. The number of hydrogen-bond acceptors (Lipinski definition) is 7. The molecular formula is C28H33N3O6S. The van der Waals surface area contributed by atoms with Crippen molar-refractivity contribution >= 4 is 27.8 Å². The van der Waals surface area contributed by atoms with Crippen LogP contribution in [0.4, 0.5) is 5.69 Å². The zero-order valence-electron chi connectivity index (χ0n) is 22.4. The van der Waals surface area contributed by atoms with Crippen LogP contribution >= 0.6 is 0 Å². The minimum atomic E-state index is -4.03. The summed E-state index contributed by atoms with van der Waals surface area (Å²) >= 11 is 0. The first-order chi connectivity index (χ1) is 18.1. The summed E-state index contributed by atoms with van der Waals surface area (Å²) in [4.78, 5) is 13.0. The highest BCUT2D eigenvalue weighted by Gasteiger charge is 2.27. The average Bonchev–Trinajstić information content (AvgIpc) is 2.91. The number of ether oxygens (including phenoxy) is 3. The van der Waals surface area contributed by atoms with E-state index in [1.54, 1.807) is 36.4 Å². The van der Waals surface area contributed by atoms with Crippen LogP contribution in [0.1, 0.15) is 36.5 Å². The predicted octanol–water partition coefficient (Wildman–Crippen LogP) is 4.49. The lowest BCUT2D eigenvalue weighted by Crippen LogP contribution is -2.39. The molecule has 9 nitrogen and oxygen atoms in total. The van der Waals surface area contributed by atoms with E-state index in [1.165, 1.54) is 39.7 Å². The van der Waals surface area contributed by atoms with Gasteiger partial charge in [-0.2, -0.15) is 5.10 Å². The fourth-order valence-electron chi connectivity index (χ4n) is 3.70. The van der Waals surface area contributed by atoms with Crippen LogP contribution in [-0.2, 0) is 14.8 Å². The second-order valence-electron chi connectivity index (χ2n) is 8.82. The van der Waals surface area contributed by atoms with Crippen LogP contribution in [0.15, 0.2) is 70.7 Å². The summed E-state index contributed by atoms with van der Waals surface area (Å²) < 4.78 is 44.2. The third-order valence-corrected chi connectivity index (χ3v) is 7.62. The number of carbonyl (C=O) groups is 1. The Kier molecular flexibility index (Phi) is 9.35. The maximum Gasteiger partial charge on any atom is 0.264 e. The Morgan fingerprint density at radius 3 is 2.03 bits per heavy atom. The van der Waals surface area contributed by atoms with Crippen molar-refractivity contribution < 1.29 is 27.4 Å². The molecule has 0 unspecified atom stereocenters. The smallest absolute Gasteiger partial charge is 0.264 e. The Hall–Kier alpha value is -4.05. The number of aryl methyl sites for hydroxylation is 1. The molecule has 0 aliphatic carbocycles. The Morgan fingerprint density at radius 2 is 1.53 bits per heavy atom. The molecule has 0 atom stereocenters. The van der Waals surface area contributed by atoms with Gasteiger partial charge in [0.15, 0.2) is 11.5 Å². The molecule has 0 aromatic heterocycles. The number of sulfonamides is 1. The number of rotatable bonds is 11. The summed E-state index contributed by atoms with van der Waals surface area (Å²) in [6.45, 7) is 5.51. The Labute approximate surface area is 224 Å². The highest BCUT2D eigenvalue weighted by atomic mass is 32.2.